The third-order valence-electron chi connectivity index (χ3n) is 4.07. The number of hydrogen-bond donors (Lipinski definition) is 0. The van der Waals surface area contributed by atoms with Gasteiger partial charge < -0.3 is 0 Å². The summed E-state index contributed by atoms with van der Waals surface area (Å²) >= 11 is 0. The third-order valence-corrected chi connectivity index (χ3v) is 4.07. The zero-order valence-corrected chi connectivity index (χ0v) is 15.1. The molecule has 0 fully saturated rings. The van der Waals surface area contributed by atoms with Crippen LogP contribution < -0.4 is 0 Å². The van der Waals surface area contributed by atoms with E-state index in [0.717, 1.165) is 68.6 Å². The van der Waals surface area contributed by atoms with Crippen LogP contribution in [-0.2, 0) is 12.8 Å². The molecule has 134 valence electrons. The van der Waals surface area contributed by atoms with Gasteiger partial charge in [0.15, 0.2) is 5.82 Å². The molecule has 0 spiro atoms. The van der Waals surface area contributed by atoms with E-state index in [1.54, 1.807) is 12.1 Å². The minimum atomic E-state index is -0.399. The van der Waals surface area contributed by atoms with Crippen LogP contribution in [0, 0.1) is 10.1 Å². The Bertz CT molecular complexity index is 658. The first-order chi connectivity index (χ1) is 12.1. The predicted molar refractivity (Wildman–Crippen MR) is 98.4 cm³/mol. The van der Waals surface area contributed by atoms with Crippen LogP contribution in [0.2, 0.25) is 0 Å². The first-order valence-electron chi connectivity index (χ1n) is 9.12. The number of aryl methyl sites for hydroxylation is 2. The fourth-order valence-electron chi connectivity index (χ4n) is 2.62. The Morgan fingerprint density at radius 1 is 0.840 bits per heavy atom. The average molecular weight is 342 g/mol. The molecule has 2 rings (SSSR count). The summed E-state index contributed by atoms with van der Waals surface area (Å²) < 4.78 is 0. The molecule has 0 aliphatic heterocycles. The molecule has 1 aromatic carbocycles. The van der Waals surface area contributed by atoms with Gasteiger partial charge in [-0.15, -0.1) is 0 Å². The molecule has 0 radical (unpaired) electrons. The highest BCUT2D eigenvalue weighted by molar-refractivity contribution is 5.57. The van der Waals surface area contributed by atoms with E-state index < -0.39 is 4.92 Å². The molecule has 6 heteroatoms. The van der Waals surface area contributed by atoms with E-state index in [0.29, 0.717) is 5.82 Å². The van der Waals surface area contributed by atoms with Gasteiger partial charge in [-0.25, -0.2) is 15.0 Å². The first kappa shape index (κ1) is 19.0. The molecule has 25 heavy (non-hydrogen) atoms. The summed E-state index contributed by atoms with van der Waals surface area (Å²) in [5.41, 5.74) is 0.866. The summed E-state index contributed by atoms with van der Waals surface area (Å²) in [6.07, 6.45) is 8.44. The van der Waals surface area contributed by atoms with Crippen LogP contribution in [0.25, 0.3) is 11.4 Å². The number of aromatic nitrogens is 3. The number of non-ortho nitro benzene ring substituents is 1. The molecule has 0 unspecified atom stereocenters. The Hall–Kier alpha value is -2.37. The van der Waals surface area contributed by atoms with Crippen LogP contribution in [0.15, 0.2) is 24.3 Å². The van der Waals surface area contributed by atoms with Crippen molar-refractivity contribution in [2.75, 3.05) is 0 Å². The van der Waals surface area contributed by atoms with Crippen molar-refractivity contribution >= 4 is 5.69 Å². The van der Waals surface area contributed by atoms with Crippen molar-refractivity contribution in [2.24, 2.45) is 0 Å². The Kier molecular flexibility index (Phi) is 7.44. The number of hydrogen-bond acceptors (Lipinski definition) is 5. The number of nitro benzene ring substituents is 1. The lowest BCUT2D eigenvalue weighted by atomic mass is 10.1. The third kappa shape index (κ3) is 5.89. The van der Waals surface area contributed by atoms with Crippen LogP contribution >= 0.6 is 0 Å². The summed E-state index contributed by atoms with van der Waals surface area (Å²) in [5.74, 6) is 2.26. The summed E-state index contributed by atoms with van der Waals surface area (Å²) in [7, 11) is 0. The smallest absolute Gasteiger partial charge is 0.258 e. The lowest BCUT2D eigenvalue weighted by molar-refractivity contribution is -0.384. The van der Waals surface area contributed by atoms with E-state index in [1.165, 1.54) is 12.1 Å². The molecule has 1 heterocycles. The van der Waals surface area contributed by atoms with E-state index in [2.05, 4.69) is 28.8 Å². The molecular weight excluding hydrogens is 316 g/mol. The van der Waals surface area contributed by atoms with Crippen molar-refractivity contribution in [3.63, 3.8) is 0 Å². The van der Waals surface area contributed by atoms with Crippen LogP contribution in [0.1, 0.15) is 64.0 Å². The second-order valence-electron chi connectivity index (χ2n) is 6.21. The van der Waals surface area contributed by atoms with E-state index in [4.69, 9.17) is 0 Å². The highest BCUT2D eigenvalue weighted by atomic mass is 16.6. The first-order valence-corrected chi connectivity index (χ1v) is 9.12. The molecular formula is C19H26N4O2. The van der Waals surface area contributed by atoms with Gasteiger partial charge in [-0.3, -0.25) is 10.1 Å². The standard InChI is InChI=1S/C19H26N4O2/c1-3-5-7-9-17-20-18(10-8-6-4-2)22-19(21-17)15-11-13-16(14-12-15)23(24)25/h11-14H,3-10H2,1-2H3. The lowest BCUT2D eigenvalue weighted by Gasteiger charge is -2.07. The molecule has 0 saturated carbocycles. The van der Waals surface area contributed by atoms with Gasteiger partial charge in [0.25, 0.3) is 5.69 Å². The lowest BCUT2D eigenvalue weighted by Crippen LogP contribution is -2.06. The molecule has 0 saturated heterocycles. The molecule has 1 aromatic heterocycles. The van der Waals surface area contributed by atoms with Crippen LogP contribution in [0.4, 0.5) is 5.69 Å². The molecule has 0 N–H and O–H groups in total. The molecule has 0 atom stereocenters. The van der Waals surface area contributed by atoms with Gasteiger partial charge >= 0.3 is 0 Å². The van der Waals surface area contributed by atoms with Crippen LogP contribution in [-0.4, -0.2) is 19.9 Å². The summed E-state index contributed by atoms with van der Waals surface area (Å²) in [4.78, 5) is 24.2. The van der Waals surface area contributed by atoms with Gasteiger partial charge in [0.05, 0.1) is 4.92 Å². The van der Waals surface area contributed by atoms with Crippen molar-refractivity contribution in [2.45, 2.75) is 65.2 Å². The van der Waals surface area contributed by atoms with Crippen LogP contribution in [0.5, 0.6) is 0 Å². The topological polar surface area (TPSA) is 81.8 Å². The van der Waals surface area contributed by atoms with E-state index >= 15 is 0 Å². The number of rotatable bonds is 10. The van der Waals surface area contributed by atoms with E-state index in [-0.39, 0.29) is 5.69 Å². The predicted octanol–water partition coefficient (Wildman–Crippen LogP) is 4.91. The number of benzene rings is 1. The SMILES string of the molecule is CCCCCc1nc(CCCCC)nc(-c2ccc([N+](=O)[O-])cc2)n1. The Morgan fingerprint density at radius 3 is 1.80 bits per heavy atom. The van der Waals surface area contributed by atoms with Gasteiger partial charge in [0.1, 0.15) is 11.6 Å². The maximum atomic E-state index is 10.8. The zero-order chi connectivity index (χ0) is 18.1. The molecule has 0 aliphatic carbocycles. The van der Waals surface area contributed by atoms with E-state index in [9.17, 15) is 10.1 Å². The van der Waals surface area contributed by atoms with Gasteiger partial charge in [0.2, 0.25) is 0 Å². The maximum absolute atomic E-state index is 10.8. The van der Waals surface area contributed by atoms with Gasteiger partial charge in [-0.2, -0.15) is 0 Å². The Balaban J connectivity index is 2.25. The monoisotopic (exact) mass is 342 g/mol. The van der Waals surface area contributed by atoms with Gasteiger partial charge in [-0.1, -0.05) is 39.5 Å². The number of nitro groups is 1. The largest absolute Gasteiger partial charge is 0.269 e. The highest BCUT2D eigenvalue weighted by Crippen LogP contribution is 2.20. The average Bonchev–Trinajstić information content (AvgIpc) is 2.62. The van der Waals surface area contributed by atoms with E-state index in [1.807, 2.05) is 0 Å². The minimum Gasteiger partial charge on any atom is -0.258 e. The maximum Gasteiger partial charge on any atom is 0.269 e. The van der Waals surface area contributed by atoms with Crippen molar-refractivity contribution in [3.8, 4) is 11.4 Å². The van der Waals surface area contributed by atoms with Gasteiger partial charge in [0, 0.05) is 30.5 Å². The van der Waals surface area contributed by atoms with Gasteiger partial charge in [-0.05, 0) is 25.0 Å². The fraction of sp³-hybridized carbons (Fsp3) is 0.526. The molecule has 0 amide bonds. The Morgan fingerprint density at radius 2 is 1.36 bits per heavy atom. The fourth-order valence-corrected chi connectivity index (χ4v) is 2.62. The number of nitrogens with zero attached hydrogens (tertiary/aromatic N) is 4. The minimum absolute atomic E-state index is 0.0733. The zero-order valence-electron chi connectivity index (χ0n) is 15.1. The van der Waals surface area contributed by atoms with Crippen LogP contribution in [0.3, 0.4) is 0 Å². The van der Waals surface area contributed by atoms with Crippen molar-refractivity contribution in [1.29, 1.82) is 0 Å². The summed E-state index contributed by atoms with van der Waals surface area (Å²) in [6.45, 7) is 4.35. The normalized spacial score (nSPS) is 10.8. The molecule has 0 aliphatic rings. The number of unbranched alkanes of at least 4 members (excludes halogenated alkanes) is 4. The quantitative estimate of drug-likeness (QED) is 0.348. The molecule has 0 bridgehead atoms. The van der Waals surface area contributed by atoms with Crippen molar-refractivity contribution < 1.29 is 4.92 Å². The highest BCUT2D eigenvalue weighted by Gasteiger charge is 2.11. The van der Waals surface area contributed by atoms with Crippen molar-refractivity contribution in [3.05, 3.63) is 46.0 Å². The Labute approximate surface area is 148 Å². The van der Waals surface area contributed by atoms with Crippen molar-refractivity contribution in [1.82, 2.24) is 15.0 Å². The summed E-state index contributed by atoms with van der Waals surface area (Å²) in [6, 6.07) is 6.40. The molecule has 2 aromatic rings. The second kappa shape index (κ2) is 9.81. The summed E-state index contributed by atoms with van der Waals surface area (Å²) in [5, 5.41) is 10.8. The molecule has 6 nitrogen and oxygen atoms in total. The second-order valence-corrected chi connectivity index (χ2v) is 6.21.